The van der Waals surface area contributed by atoms with Crippen LogP contribution in [0.25, 0.3) is 0 Å². The Labute approximate surface area is 113 Å². The Kier molecular flexibility index (Phi) is 7.00. The highest BCUT2D eigenvalue weighted by molar-refractivity contribution is 5.94. The van der Waals surface area contributed by atoms with Gasteiger partial charge in [-0.2, -0.15) is 0 Å². The van der Waals surface area contributed by atoms with Gasteiger partial charge < -0.3 is 16.4 Å². The summed E-state index contributed by atoms with van der Waals surface area (Å²) in [6.07, 6.45) is 0. The molecule has 0 saturated carbocycles. The molecule has 0 aliphatic carbocycles. The molecule has 2 amide bonds. The molecule has 5 nitrogen and oxygen atoms in total. The fraction of sp³-hybridized carbons (Fsp3) is 0.333. The number of hydrogen-bond donors (Lipinski definition) is 3. The quantitative estimate of drug-likeness (QED) is 0.755. The highest BCUT2D eigenvalue weighted by Gasteiger charge is 2.04. The lowest BCUT2D eigenvalue weighted by Crippen LogP contribution is -2.36. The number of benzene rings is 1. The molecule has 1 aromatic rings. The van der Waals surface area contributed by atoms with Crippen LogP contribution in [0.2, 0.25) is 0 Å². The first kappa shape index (κ1) is 16.4. The Balaban J connectivity index is 0.00000289. The van der Waals surface area contributed by atoms with Gasteiger partial charge in [-0.1, -0.05) is 6.07 Å². The largest absolute Gasteiger partial charge is 0.346 e. The van der Waals surface area contributed by atoms with Gasteiger partial charge in [0.1, 0.15) is 0 Å². The van der Waals surface area contributed by atoms with Crippen LogP contribution in [0.5, 0.6) is 0 Å². The van der Waals surface area contributed by atoms with E-state index in [1.54, 1.807) is 0 Å². The number of hydrogen-bond acceptors (Lipinski definition) is 3. The molecule has 6 heteroatoms. The summed E-state index contributed by atoms with van der Waals surface area (Å²) < 4.78 is 0. The highest BCUT2D eigenvalue weighted by atomic mass is 35.5. The molecule has 4 N–H and O–H groups in total. The third-order valence-electron chi connectivity index (χ3n) is 2.42. The second-order valence-corrected chi connectivity index (χ2v) is 3.83. The van der Waals surface area contributed by atoms with Crippen LogP contribution in [0.3, 0.4) is 0 Å². The van der Waals surface area contributed by atoms with Crippen molar-refractivity contribution in [3.05, 3.63) is 29.3 Å². The Morgan fingerprint density at radius 1 is 1.17 bits per heavy atom. The third kappa shape index (κ3) is 5.16. The standard InChI is InChI=1S/C12H17N3O2.ClH/c1-8-3-4-10(5-9(8)2)15-12(17)7-14-11(16)6-13;/h3-5H,6-7,13H2,1-2H3,(H,14,16)(H,15,17);1H. The van der Waals surface area contributed by atoms with E-state index in [-0.39, 0.29) is 37.3 Å². The summed E-state index contributed by atoms with van der Waals surface area (Å²) in [5.41, 5.74) is 8.10. The van der Waals surface area contributed by atoms with E-state index in [4.69, 9.17) is 5.73 Å². The number of carbonyl (C=O) groups excluding carboxylic acids is 2. The second-order valence-electron chi connectivity index (χ2n) is 3.83. The van der Waals surface area contributed by atoms with Gasteiger partial charge in [0, 0.05) is 5.69 Å². The second kappa shape index (κ2) is 7.68. The maximum absolute atomic E-state index is 11.5. The minimum absolute atomic E-state index is 0. The van der Waals surface area contributed by atoms with Crippen molar-refractivity contribution in [2.24, 2.45) is 5.73 Å². The summed E-state index contributed by atoms with van der Waals surface area (Å²) in [5.74, 6) is -0.615. The first-order valence-corrected chi connectivity index (χ1v) is 5.37. The van der Waals surface area contributed by atoms with Crippen LogP contribution in [-0.2, 0) is 9.59 Å². The number of aryl methyl sites for hydroxylation is 2. The number of halogens is 1. The van der Waals surface area contributed by atoms with E-state index in [2.05, 4.69) is 10.6 Å². The lowest BCUT2D eigenvalue weighted by molar-refractivity contribution is -0.123. The van der Waals surface area contributed by atoms with Crippen molar-refractivity contribution in [3.8, 4) is 0 Å². The number of nitrogens with two attached hydrogens (primary N) is 1. The van der Waals surface area contributed by atoms with Crippen LogP contribution in [-0.4, -0.2) is 24.9 Å². The van der Waals surface area contributed by atoms with Crippen molar-refractivity contribution in [2.45, 2.75) is 13.8 Å². The van der Waals surface area contributed by atoms with Crippen molar-refractivity contribution < 1.29 is 9.59 Å². The smallest absolute Gasteiger partial charge is 0.243 e. The van der Waals surface area contributed by atoms with Gasteiger partial charge in [0.25, 0.3) is 0 Å². The van der Waals surface area contributed by atoms with Crippen molar-refractivity contribution in [3.63, 3.8) is 0 Å². The predicted molar refractivity (Wildman–Crippen MR) is 73.9 cm³/mol. The number of anilines is 1. The maximum Gasteiger partial charge on any atom is 0.243 e. The Bertz CT molecular complexity index is 435. The van der Waals surface area contributed by atoms with E-state index in [9.17, 15) is 9.59 Å². The molecular formula is C12H18ClN3O2. The minimum Gasteiger partial charge on any atom is -0.346 e. The molecule has 18 heavy (non-hydrogen) atoms. The van der Waals surface area contributed by atoms with Gasteiger partial charge in [0.15, 0.2) is 0 Å². The Hall–Kier alpha value is -1.59. The number of amides is 2. The topological polar surface area (TPSA) is 84.2 Å². The van der Waals surface area contributed by atoms with Crippen LogP contribution in [0, 0.1) is 13.8 Å². The summed E-state index contributed by atoms with van der Waals surface area (Å²) in [6.45, 7) is 3.80. The van der Waals surface area contributed by atoms with Crippen LogP contribution in [0.1, 0.15) is 11.1 Å². The average molecular weight is 272 g/mol. The fourth-order valence-electron chi connectivity index (χ4n) is 1.28. The Morgan fingerprint density at radius 2 is 1.83 bits per heavy atom. The van der Waals surface area contributed by atoms with Crippen LogP contribution in [0.15, 0.2) is 18.2 Å². The molecule has 0 aromatic heterocycles. The highest BCUT2D eigenvalue weighted by Crippen LogP contribution is 2.13. The molecule has 0 aliphatic heterocycles. The molecule has 0 spiro atoms. The molecule has 0 radical (unpaired) electrons. The minimum atomic E-state index is -0.347. The van der Waals surface area contributed by atoms with E-state index in [0.29, 0.717) is 0 Å². The van der Waals surface area contributed by atoms with E-state index >= 15 is 0 Å². The SMILES string of the molecule is Cc1ccc(NC(=O)CNC(=O)CN)cc1C.Cl. The molecule has 1 aromatic carbocycles. The van der Waals surface area contributed by atoms with Crippen LogP contribution < -0.4 is 16.4 Å². The van der Waals surface area contributed by atoms with E-state index in [0.717, 1.165) is 11.3 Å². The molecule has 0 bridgehead atoms. The first-order chi connectivity index (χ1) is 8.02. The molecular weight excluding hydrogens is 254 g/mol. The fourth-order valence-corrected chi connectivity index (χ4v) is 1.28. The normalized spacial score (nSPS) is 9.28. The number of nitrogens with one attached hydrogen (secondary N) is 2. The van der Waals surface area contributed by atoms with Crippen LogP contribution >= 0.6 is 12.4 Å². The summed E-state index contributed by atoms with van der Waals surface area (Å²) >= 11 is 0. The zero-order valence-electron chi connectivity index (χ0n) is 10.4. The molecule has 0 atom stereocenters. The van der Waals surface area contributed by atoms with Crippen molar-refractivity contribution in [1.29, 1.82) is 0 Å². The van der Waals surface area contributed by atoms with E-state index in [1.807, 2.05) is 32.0 Å². The van der Waals surface area contributed by atoms with Gasteiger partial charge in [-0.05, 0) is 37.1 Å². The van der Waals surface area contributed by atoms with Crippen molar-refractivity contribution in [1.82, 2.24) is 5.32 Å². The monoisotopic (exact) mass is 271 g/mol. The van der Waals surface area contributed by atoms with Crippen LogP contribution in [0.4, 0.5) is 5.69 Å². The van der Waals surface area contributed by atoms with Gasteiger partial charge in [0.05, 0.1) is 13.1 Å². The van der Waals surface area contributed by atoms with Gasteiger partial charge in [0.2, 0.25) is 11.8 Å². The van der Waals surface area contributed by atoms with Gasteiger partial charge in [-0.25, -0.2) is 0 Å². The zero-order valence-corrected chi connectivity index (χ0v) is 11.3. The van der Waals surface area contributed by atoms with E-state index < -0.39 is 0 Å². The summed E-state index contributed by atoms with van der Waals surface area (Å²) in [5, 5.41) is 5.10. The van der Waals surface area contributed by atoms with Crippen molar-refractivity contribution >= 4 is 29.9 Å². The first-order valence-electron chi connectivity index (χ1n) is 5.37. The molecule has 0 saturated heterocycles. The lowest BCUT2D eigenvalue weighted by Gasteiger charge is -2.08. The summed E-state index contributed by atoms with van der Waals surface area (Å²) in [4.78, 5) is 22.3. The molecule has 0 fully saturated rings. The lowest BCUT2D eigenvalue weighted by atomic mass is 10.1. The zero-order chi connectivity index (χ0) is 12.8. The number of carbonyl (C=O) groups is 2. The molecule has 0 heterocycles. The molecule has 0 aliphatic rings. The average Bonchev–Trinajstić information content (AvgIpc) is 2.31. The Morgan fingerprint density at radius 3 is 2.39 bits per heavy atom. The molecule has 0 unspecified atom stereocenters. The molecule has 1 rings (SSSR count). The van der Waals surface area contributed by atoms with Gasteiger partial charge in [-0.15, -0.1) is 12.4 Å². The predicted octanol–water partition coefficient (Wildman–Crippen LogP) is 0.739. The van der Waals surface area contributed by atoms with E-state index in [1.165, 1.54) is 5.56 Å². The maximum atomic E-state index is 11.5. The molecule has 100 valence electrons. The summed E-state index contributed by atoms with van der Waals surface area (Å²) in [6, 6.07) is 5.65. The van der Waals surface area contributed by atoms with Gasteiger partial charge in [-0.3, -0.25) is 9.59 Å². The van der Waals surface area contributed by atoms with Crippen molar-refractivity contribution in [2.75, 3.05) is 18.4 Å². The third-order valence-corrected chi connectivity index (χ3v) is 2.42. The van der Waals surface area contributed by atoms with Gasteiger partial charge >= 0.3 is 0 Å². The number of rotatable bonds is 4. The summed E-state index contributed by atoms with van der Waals surface area (Å²) in [7, 11) is 0.